The van der Waals surface area contributed by atoms with Gasteiger partial charge >= 0.3 is 0 Å². The van der Waals surface area contributed by atoms with Crippen molar-refractivity contribution in [2.75, 3.05) is 6.61 Å². The third-order valence-electron chi connectivity index (χ3n) is 1.72. The molecule has 0 atom stereocenters. The van der Waals surface area contributed by atoms with Gasteiger partial charge in [-0.05, 0) is 24.6 Å². The summed E-state index contributed by atoms with van der Waals surface area (Å²) in [4.78, 5) is 11.1. The topological polar surface area (TPSA) is 26.3 Å². The molecule has 1 rings (SSSR count). The van der Waals surface area contributed by atoms with Crippen molar-refractivity contribution < 1.29 is 9.53 Å². The molecule has 0 heterocycles. The van der Waals surface area contributed by atoms with Gasteiger partial charge in [0.25, 0.3) is 0 Å². The molecule has 0 saturated heterocycles. The number of ether oxygens (including phenoxy) is 1. The van der Waals surface area contributed by atoms with Crippen molar-refractivity contribution >= 4 is 17.4 Å². The van der Waals surface area contributed by atoms with Crippen molar-refractivity contribution in [3.05, 3.63) is 29.3 Å². The Morgan fingerprint density at radius 1 is 1.50 bits per heavy atom. The van der Waals surface area contributed by atoms with Crippen LogP contribution < -0.4 is 4.74 Å². The number of hydrogen-bond acceptors (Lipinski definition) is 2. The van der Waals surface area contributed by atoms with Crippen molar-refractivity contribution in [3.8, 4) is 5.75 Å². The number of hydrogen-bond donors (Lipinski definition) is 0. The van der Waals surface area contributed by atoms with Crippen molar-refractivity contribution in [2.45, 2.75) is 19.8 Å². The number of carbonyl (C=O) groups excluding carboxylic acids is 1. The lowest BCUT2D eigenvalue weighted by Crippen LogP contribution is -2.10. The second-order valence-corrected chi connectivity index (χ2v) is 3.47. The molecule has 2 nitrogen and oxygen atoms in total. The van der Waals surface area contributed by atoms with E-state index in [1.807, 2.05) is 6.92 Å². The fraction of sp³-hybridized carbons (Fsp3) is 0.364. The van der Waals surface area contributed by atoms with E-state index < -0.39 is 0 Å². The zero-order valence-corrected chi connectivity index (χ0v) is 8.88. The smallest absolute Gasteiger partial charge is 0.170 e. The van der Waals surface area contributed by atoms with Gasteiger partial charge in [0.2, 0.25) is 0 Å². The molecule has 14 heavy (non-hydrogen) atoms. The predicted molar refractivity (Wildman–Crippen MR) is 56.9 cm³/mol. The van der Waals surface area contributed by atoms with Crippen molar-refractivity contribution in [1.82, 2.24) is 0 Å². The van der Waals surface area contributed by atoms with Crippen molar-refractivity contribution in [2.24, 2.45) is 0 Å². The van der Waals surface area contributed by atoms with Gasteiger partial charge in [0.15, 0.2) is 5.78 Å². The van der Waals surface area contributed by atoms with E-state index >= 15 is 0 Å². The molecule has 3 heteroatoms. The maximum absolute atomic E-state index is 11.1. The van der Waals surface area contributed by atoms with Crippen LogP contribution in [-0.2, 0) is 4.79 Å². The third-order valence-corrected chi connectivity index (χ3v) is 1.96. The summed E-state index contributed by atoms with van der Waals surface area (Å²) in [5, 5.41) is 0.616. The highest BCUT2D eigenvalue weighted by Gasteiger charge is 2.01. The lowest BCUT2D eigenvalue weighted by Gasteiger charge is -2.04. The summed E-state index contributed by atoms with van der Waals surface area (Å²) in [5.41, 5.74) is 0. The van der Waals surface area contributed by atoms with Gasteiger partial charge in [0.05, 0.1) is 0 Å². The standard InChI is InChI=1S/C11H13ClO2/c1-2-4-10(13)8-14-11-6-3-5-9(12)7-11/h3,5-7H,2,4,8H2,1H3. The van der Waals surface area contributed by atoms with Crippen LogP contribution in [0.1, 0.15) is 19.8 Å². The molecule has 76 valence electrons. The van der Waals surface area contributed by atoms with Crippen LogP contribution in [0.25, 0.3) is 0 Å². The van der Waals surface area contributed by atoms with E-state index in [0.717, 1.165) is 6.42 Å². The third kappa shape index (κ3) is 3.79. The molecule has 0 aromatic heterocycles. The summed E-state index contributed by atoms with van der Waals surface area (Å²) >= 11 is 5.76. The number of ketones is 1. The maximum atomic E-state index is 11.1. The molecule has 1 aromatic rings. The number of rotatable bonds is 5. The molecule has 0 amide bonds. The van der Waals surface area contributed by atoms with Gasteiger partial charge in [-0.2, -0.15) is 0 Å². The minimum absolute atomic E-state index is 0.118. The van der Waals surface area contributed by atoms with E-state index in [2.05, 4.69) is 0 Å². The summed E-state index contributed by atoms with van der Waals surface area (Å²) < 4.78 is 5.27. The van der Waals surface area contributed by atoms with Gasteiger partial charge < -0.3 is 4.74 Å². The lowest BCUT2D eigenvalue weighted by molar-refractivity contribution is -0.121. The first-order valence-electron chi connectivity index (χ1n) is 4.62. The Kier molecular flexibility index (Phi) is 4.47. The van der Waals surface area contributed by atoms with E-state index in [-0.39, 0.29) is 12.4 Å². The van der Waals surface area contributed by atoms with Crippen LogP contribution in [-0.4, -0.2) is 12.4 Å². The molecule has 0 spiro atoms. The number of Topliss-reactive ketones (excluding diaryl/α,β-unsaturated/α-hetero) is 1. The first-order valence-corrected chi connectivity index (χ1v) is 5.00. The summed E-state index contributed by atoms with van der Waals surface area (Å²) in [6.07, 6.45) is 1.43. The molecule has 0 unspecified atom stereocenters. The average molecular weight is 213 g/mol. The van der Waals surface area contributed by atoms with Crippen molar-refractivity contribution in [1.29, 1.82) is 0 Å². The normalized spacial score (nSPS) is 9.86. The monoisotopic (exact) mass is 212 g/mol. The molecule has 0 aliphatic heterocycles. The van der Waals surface area contributed by atoms with E-state index in [0.29, 0.717) is 17.2 Å². The summed E-state index contributed by atoms with van der Waals surface area (Å²) in [6, 6.07) is 7.04. The Hall–Kier alpha value is -1.02. The highest BCUT2D eigenvalue weighted by molar-refractivity contribution is 6.30. The highest BCUT2D eigenvalue weighted by atomic mass is 35.5. The predicted octanol–water partition coefficient (Wildman–Crippen LogP) is 3.09. The lowest BCUT2D eigenvalue weighted by atomic mass is 10.2. The molecule has 0 N–H and O–H groups in total. The molecule has 0 bridgehead atoms. The second-order valence-electron chi connectivity index (χ2n) is 3.03. The van der Waals surface area contributed by atoms with Gasteiger partial charge in [-0.1, -0.05) is 24.6 Å². The van der Waals surface area contributed by atoms with E-state index in [1.165, 1.54) is 0 Å². The van der Waals surface area contributed by atoms with Crippen LogP contribution in [0, 0.1) is 0 Å². The minimum Gasteiger partial charge on any atom is -0.486 e. The SMILES string of the molecule is CCCC(=O)COc1cccc(Cl)c1. The van der Waals surface area contributed by atoms with Crippen LogP contribution in [0.5, 0.6) is 5.75 Å². The quantitative estimate of drug-likeness (QED) is 0.750. The van der Waals surface area contributed by atoms with Gasteiger partial charge in [-0.3, -0.25) is 4.79 Å². The highest BCUT2D eigenvalue weighted by Crippen LogP contribution is 2.16. The molecular weight excluding hydrogens is 200 g/mol. The summed E-state index contributed by atoms with van der Waals surface area (Å²) in [5.74, 6) is 0.759. The van der Waals surface area contributed by atoms with Crippen molar-refractivity contribution in [3.63, 3.8) is 0 Å². The summed E-state index contributed by atoms with van der Waals surface area (Å²) in [6.45, 7) is 2.10. The average Bonchev–Trinajstić information content (AvgIpc) is 2.15. The van der Waals surface area contributed by atoms with Gasteiger partial charge in [-0.25, -0.2) is 0 Å². The Bertz CT molecular complexity index is 310. The maximum Gasteiger partial charge on any atom is 0.170 e. The molecule has 0 saturated carbocycles. The first-order chi connectivity index (χ1) is 6.72. The van der Waals surface area contributed by atoms with Crippen LogP contribution in [0.15, 0.2) is 24.3 Å². The molecule has 0 fully saturated rings. The first kappa shape index (κ1) is 11.1. The van der Waals surface area contributed by atoms with Gasteiger partial charge in [-0.15, -0.1) is 0 Å². The van der Waals surface area contributed by atoms with E-state index in [4.69, 9.17) is 16.3 Å². The minimum atomic E-state index is 0.118. The summed E-state index contributed by atoms with van der Waals surface area (Å²) in [7, 11) is 0. The number of carbonyl (C=O) groups is 1. The fourth-order valence-corrected chi connectivity index (χ4v) is 1.25. The fourth-order valence-electron chi connectivity index (χ4n) is 1.07. The zero-order valence-electron chi connectivity index (χ0n) is 8.13. The van der Waals surface area contributed by atoms with Gasteiger partial charge in [0.1, 0.15) is 12.4 Å². The second kappa shape index (κ2) is 5.66. The molecule has 0 radical (unpaired) electrons. The van der Waals surface area contributed by atoms with E-state index in [9.17, 15) is 4.79 Å². The Labute approximate surface area is 88.8 Å². The Morgan fingerprint density at radius 2 is 2.29 bits per heavy atom. The van der Waals surface area contributed by atoms with Crippen LogP contribution >= 0.6 is 11.6 Å². The molecule has 0 aliphatic carbocycles. The van der Waals surface area contributed by atoms with Crippen LogP contribution in [0.3, 0.4) is 0 Å². The number of halogens is 1. The molecule has 1 aromatic carbocycles. The molecule has 0 aliphatic rings. The van der Waals surface area contributed by atoms with E-state index in [1.54, 1.807) is 24.3 Å². The van der Waals surface area contributed by atoms with Crippen LogP contribution in [0.2, 0.25) is 5.02 Å². The Morgan fingerprint density at radius 3 is 2.93 bits per heavy atom. The zero-order chi connectivity index (χ0) is 10.4. The Balaban J connectivity index is 2.41. The van der Waals surface area contributed by atoms with Crippen LogP contribution in [0.4, 0.5) is 0 Å². The number of benzene rings is 1. The van der Waals surface area contributed by atoms with Gasteiger partial charge in [0, 0.05) is 11.4 Å². The largest absolute Gasteiger partial charge is 0.486 e. The molecular formula is C11H13ClO2.